The Labute approximate surface area is 138 Å². The quantitative estimate of drug-likeness (QED) is 0.855. The van der Waals surface area contributed by atoms with Gasteiger partial charge in [-0.2, -0.15) is 0 Å². The molecule has 1 saturated heterocycles. The fourth-order valence-electron chi connectivity index (χ4n) is 2.87. The summed E-state index contributed by atoms with van der Waals surface area (Å²) in [7, 11) is 1.64. The van der Waals surface area contributed by atoms with Crippen molar-refractivity contribution in [3.05, 3.63) is 29.3 Å². The summed E-state index contributed by atoms with van der Waals surface area (Å²) in [5.41, 5.74) is 1.72. The molecule has 0 unspecified atom stereocenters. The van der Waals surface area contributed by atoms with Gasteiger partial charge in [0.25, 0.3) is 5.91 Å². The van der Waals surface area contributed by atoms with Crippen molar-refractivity contribution >= 4 is 11.8 Å². The maximum Gasteiger partial charge on any atom is 0.253 e. The second-order valence-electron chi connectivity index (χ2n) is 6.15. The molecule has 0 bridgehead atoms. The van der Waals surface area contributed by atoms with E-state index in [2.05, 4.69) is 0 Å². The lowest BCUT2D eigenvalue weighted by atomic mass is 10.1. The van der Waals surface area contributed by atoms with Crippen molar-refractivity contribution in [3.8, 4) is 5.75 Å². The van der Waals surface area contributed by atoms with Crippen molar-refractivity contribution < 1.29 is 14.3 Å². The molecule has 126 valence electrons. The number of benzene rings is 1. The third-order valence-corrected chi connectivity index (χ3v) is 4.28. The van der Waals surface area contributed by atoms with E-state index in [1.807, 2.05) is 48.8 Å². The Bertz CT molecular complexity index is 576. The van der Waals surface area contributed by atoms with Crippen LogP contribution >= 0.6 is 0 Å². The number of amides is 2. The summed E-state index contributed by atoms with van der Waals surface area (Å²) in [6.07, 6.45) is 0.820. The lowest BCUT2D eigenvalue weighted by Crippen LogP contribution is -2.51. The van der Waals surface area contributed by atoms with Gasteiger partial charge >= 0.3 is 0 Å². The Morgan fingerprint density at radius 3 is 2.26 bits per heavy atom. The van der Waals surface area contributed by atoms with Crippen LogP contribution in [0.15, 0.2) is 18.2 Å². The normalized spacial score (nSPS) is 15.0. The predicted octanol–water partition coefficient (Wildman–Crippen LogP) is 2.20. The number of nitrogens with zero attached hydrogens (tertiary/aromatic N) is 2. The highest BCUT2D eigenvalue weighted by atomic mass is 16.5. The Kier molecular flexibility index (Phi) is 5.64. The van der Waals surface area contributed by atoms with Crippen LogP contribution in [0.3, 0.4) is 0 Å². The number of carbonyl (C=O) groups excluding carboxylic acids is 2. The number of aryl methyl sites for hydroxylation is 1. The molecule has 0 aliphatic carbocycles. The van der Waals surface area contributed by atoms with Crippen LogP contribution < -0.4 is 4.74 Å². The van der Waals surface area contributed by atoms with E-state index in [0.717, 1.165) is 17.7 Å². The Hall–Kier alpha value is -2.04. The topological polar surface area (TPSA) is 49.9 Å². The zero-order valence-corrected chi connectivity index (χ0v) is 14.5. The molecule has 0 N–H and O–H groups in total. The van der Waals surface area contributed by atoms with E-state index in [9.17, 15) is 9.59 Å². The van der Waals surface area contributed by atoms with E-state index < -0.39 is 0 Å². The molecule has 0 atom stereocenters. The second kappa shape index (κ2) is 7.49. The number of ether oxygens (including phenoxy) is 1. The maximum atomic E-state index is 12.7. The van der Waals surface area contributed by atoms with Crippen molar-refractivity contribution in [1.29, 1.82) is 0 Å². The van der Waals surface area contributed by atoms with Gasteiger partial charge in [-0.25, -0.2) is 0 Å². The van der Waals surface area contributed by atoms with Gasteiger partial charge in [-0.1, -0.05) is 20.8 Å². The molecule has 1 fully saturated rings. The molecule has 1 heterocycles. The molecule has 5 heteroatoms. The zero-order chi connectivity index (χ0) is 17.0. The summed E-state index contributed by atoms with van der Waals surface area (Å²) in [5, 5.41) is 0. The first-order valence-electron chi connectivity index (χ1n) is 8.22. The third-order valence-electron chi connectivity index (χ3n) is 4.28. The van der Waals surface area contributed by atoms with Gasteiger partial charge in [-0.3, -0.25) is 9.59 Å². The molecule has 0 aromatic heterocycles. The summed E-state index contributed by atoms with van der Waals surface area (Å²) in [6.45, 7) is 8.25. The van der Waals surface area contributed by atoms with Gasteiger partial charge in [0.15, 0.2) is 0 Å². The molecule has 1 aromatic rings. The summed E-state index contributed by atoms with van der Waals surface area (Å²) in [6, 6.07) is 5.57. The van der Waals surface area contributed by atoms with Crippen molar-refractivity contribution in [2.75, 3.05) is 33.3 Å². The monoisotopic (exact) mass is 318 g/mol. The largest absolute Gasteiger partial charge is 0.496 e. The molecule has 1 aliphatic heterocycles. The lowest BCUT2D eigenvalue weighted by molar-refractivity contribution is -0.135. The van der Waals surface area contributed by atoms with Crippen molar-refractivity contribution in [2.24, 2.45) is 5.92 Å². The second-order valence-corrected chi connectivity index (χ2v) is 6.15. The highest BCUT2D eigenvalue weighted by Crippen LogP contribution is 2.21. The molecule has 2 amide bonds. The smallest absolute Gasteiger partial charge is 0.253 e. The maximum absolute atomic E-state index is 12.7. The number of piperazine rings is 1. The summed E-state index contributed by atoms with van der Waals surface area (Å²) >= 11 is 0. The van der Waals surface area contributed by atoms with Crippen LogP contribution in [0.2, 0.25) is 0 Å². The lowest BCUT2D eigenvalue weighted by Gasteiger charge is -2.35. The summed E-state index contributed by atoms with van der Waals surface area (Å²) in [5.74, 6) is 1.01. The average molecular weight is 318 g/mol. The van der Waals surface area contributed by atoms with E-state index in [0.29, 0.717) is 31.7 Å². The summed E-state index contributed by atoms with van der Waals surface area (Å²) in [4.78, 5) is 28.3. The van der Waals surface area contributed by atoms with Crippen LogP contribution in [-0.4, -0.2) is 54.9 Å². The fourth-order valence-corrected chi connectivity index (χ4v) is 2.87. The van der Waals surface area contributed by atoms with Gasteiger partial charge in [-0.05, 0) is 30.2 Å². The van der Waals surface area contributed by atoms with E-state index in [1.165, 1.54) is 0 Å². The first kappa shape index (κ1) is 17.3. The molecule has 0 saturated carbocycles. The highest BCUT2D eigenvalue weighted by molar-refractivity contribution is 5.94. The summed E-state index contributed by atoms with van der Waals surface area (Å²) < 4.78 is 5.31. The minimum Gasteiger partial charge on any atom is -0.496 e. The number of rotatable bonds is 4. The third kappa shape index (κ3) is 3.84. The molecule has 0 radical (unpaired) electrons. The van der Waals surface area contributed by atoms with Crippen LogP contribution in [0, 0.1) is 5.92 Å². The molecule has 23 heavy (non-hydrogen) atoms. The van der Waals surface area contributed by atoms with Crippen LogP contribution in [0.4, 0.5) is 0 Å². The van der Waals surface area contributed by atoms with E-state index in [4.69, 9.17) is 4.74 Å². The van der Waals surface area contributed by atoms with Gasteiger partial charge < -0.3 is 14.5 Å². The Balaban J connectivity index is 2.04. The molecule has 1 aliphatic rings. The van der Waals surface area contributed by atoms with Crippen molar-refractivity contribution in [3.63, 3.8) is 0 Å². The minimum atomic E-state index is 0.00551. The number of carbonyl (C=O) groups is 2. The van der Waals surface area contributed by atoms with Gasteiger partial charge in [-0.15, -0.1) is 0 Å². The van der Waals surface area contributed by atoms with Gasteiger partial charge in [0.2, 0.25) is 5.91 Å². The fraction of sp³-hybridized carbons (Fsp3) is 0.556. The predicted molar refractivity (Wildman–Crippen MR) is 89.7 cm³/mol. The number of hydrogen-bond donors (Lipinski definition) is 0. The molecule has 0 spiro atoms. The van der Waals surface area contributed by atoms with Crippen LogP contribution in [-0.2, 0) is 11.2 Å². The van der Waals surface area contributed by atoms with Crippen LogP contribution in [0.1, 0.15) is 36.7 Å². The van der Waals surface area contributed by atoms with Gasteiger partial charge in [0.1, 0.15) is 5.75 Å². The van der Waals surface area contributed by atoms with Crippen LogP contribution in [0.5, 0.6) is 5.75 Å². The van der Waals surface area contributed by atoms with E-state index in [1.54, 1.807) is 7.11 Å². The zero-order valence-electron chi connectivity index (χ0n) is 14.5. The number of methoxy groups -OCH3 is 1. The van der Waals surface area contributed by atoms with E-state index in [-0.39, 0.29) is 17.7 Å². The average Bonchev–Trinajstić information content (AvgIpc) is 2.59. The Morgan fingerprint density at radius 1 is 1.13 bits per heavy atom. The van der Waals surface area contributed by atoms with Gasteiger partial charge in [0.05, 0.1) is 7.11 Å². The van der Waals surface area contributed by atoms with Gasteiger partial charge in [0, 0.05) is 37.7 Å². The first-order valence-corrected chi connectivity index (χ1v) is 8.22. The van der Waals surface area contributed by atoms with Crippen molar-refractivity contribution in [2.45, 2.75) is 27.2 Å². The molecular weight excluding hydrogens is 292 g/mol. The molecule has 1 aromatic carbocycles. The van der Waals surface area contributed by atoms with E-state index >= 15 is 0 Å². The standard InChI is InChI=1S/C18H26N2O3/c1-5-14-12-15(6-7-16(14)23-4)18(22)20-10-8-19(9-11-20)17(21)13(2)3/h6-7,12-13H,5,8-11H2,1-4H3. The van der Waals surface area contributed by atoms with Crippen molar-refractivity contribution in [1.82, 2.24) is 9.80 Å². The first-order chi connectivity index (χ1) is 11.0. The Morgan fingerprint density at radius 2 is 1.74 bits per heavy atom. The highest BCUT2D eigenvalue weighted by Gasteiger charge is 2.26. The number of hydrogen-bond acceptors (Lipinski definition) is 3. The molecular formula is C18H26N2O3. The minimum absolute atomic E-state index is 0.00551. The molecule has 5 nitrogen and oxygen atoms in total. The van der Waals surface area contributed by atoms with Crippen LogP contribution in [0.25, 0.3) is 0 Å². The SMILES string of the molecule is CCc1cc(C(=O)N2CCN(C(=O)C(C)C)CC2)ccc1OC. The molecule has 2 rings (SSSR count).